The van der Waals surface area contributed by atoms with Gasteiger partial charge in [-0.25, -0.2) is 0 Å². The third-order valence-electron chi connectivity index (χ3n) is 0.207. The minimum absolute atomic E-state index is 0.370. The molecule has 0 atom stereocenters. The average molecular weight is 99.9 g/mol. The van der Waals surface area contributed by atoms with Crippen LogP contribution in [0, 0.1) is 0 Å². The first-order valence-corrected chi connectivity index (χ1v) is 1.76. The molecule has 0 aliphatic rings. The van der Waals surface area contributed by atoms with Gasteiger partial charge in [0.2, 0.25) is 0 Å². The van der Waals surface area contributed by atoms with Gasteiger partial charge in [-0.3, -0.25) is 0 Å². The van der Waals surface area contributed by atoms with E-state index in [1.54, 1.807) is 0 Å². The Balaban J connectivity index is 3.05. The molecule has 0 fully saturated rings. The summed E-state index contributed by atoms with van der Waals surface area (Å²) in [4.78, 5) is 0. The number of thiocarbonyl (C=S) groups is 1. The molecule has 0 aliphatic heterocycles. The van der Waals surface area contributed by atoms with Gasteiger partial charge in [-0.2, -0.15) is 0 Å². The van der Waals surface area contributed by atoms with E-state index in [2.05, 4.69) is 25.0 Å². The second kappa shape index (κ2) is 2.84. The van der Waals surface area contributed by atoms with Gasteiger partial charge in [-0.05, 0) is 0 Å². The zero-order chi connectivity index (χ0) is 4.99. The molecule has 0 aromatic carbocycles. The van der Waals surface area contributed by atoms with Gasteiger partial charge < -0.3 is 0 Å². The van der Waals surface area contributed by atoms with E-state index in [-0.39, 0.29) is 5.77 Å². The van der Waals surface area contributed by atoms with Crippen LogP contribution >= 0.6 is 12.2 Å². The predicted molar refractivity (Wildman–Crippen MR) is 29.5 cm³/mol. The van der Waals surface area contributed by atoms with Crippen LogP contribution in [0.3, 0.4) is 0 Å². The monoisotopic (exact) mass is 100 g/mol. The summed E-state index contributed by atoms with van der Waals surface area (Å²) in [5, 5.41) is 10.2. The van der Waals surface area contributed by atoms with Crippen molar-refractivity contribution < 1.29 is 5.11 Å². The van der Waals surface area contributed by atoms with Crippen molar-refractivity contribution in [2.24, 2.45) is 0 Å². The van der Waals surface area contributed by atoms with Crippen LogP contribution in [0.25, 0.3) is 0 Å². The van der Waals surface area contributed by atoms with Crippen molar-refractivity contribution in [3.8, 4) is 0 Å². The Morgan fingerprint density at radius 3 is 2.50 bits per heavy atom. The minimum atomic E-state index is -0.370. The van der Waals surface area contributed by atoms with Crippen LogP contribution in [-0.4, -0.2) is 23.9 Å². The van der Waals surface area contributed by atoms with Crippen LogP contribution in [0.2, 0.25) is 0 Å². The van der Waals surface area contributed by atoms with Crippen molar-refractivity contribution in [1.82, 2.24) is 5.32 Å². The quantitative estimate of drug-likeness (QED) is 0.350. The SMILES string of the molecule is [B]=C(O)NC=S. The van der Waals surface area contributed by atoms with Crippen molar-refractivity contribution in [3.05, 3.63) is 0 Å². The maximum atomic E-state index is 8.04. The summed E-state index contributed by atoms with van der Waals surface area (Å²) in [6, 6.07) is 0. The van der Waals surface area contributed by atoms with E-state index in [1.165, 1.54) is 0 Å². The van der Waals surface area contributed by atoms with E-state index >= 15 is 0 Å². The summed E-state index contributed by atoms with van der Waals surface area (Å²) in [6.07, 6.45) is 0. The third-order valence-corrected chi connectivity index (χ3v) is 0.325. The Hall–Kier alpha value is -0.375. The number of hydrogen-bond donors (Lipinski definition) is 2. The van der Waals surface area contributed by atoms with Crippen molar-refractivity contribution in [1.29, 1.82) is 0 Å². The van der Waals surface area contributed by atoms with Crippen LogP contribution in [0.1, 0.15) is 0 Å². The Kier molecular flexibility index (Phi) is 2.66. The molecular formula is C2H3BNOS. The van der Waals surface area contributed by atoms with Gasteiger partial charge in [0.1, 0.15) is 0 Å². The number of rotatable bonds is 2. The van der Waals surface area contributed by atoms with Crippen LogP contribution in [0.15, 0.2) is 0 Å². The fraction of sp³-hybridized carbons (Fsp3) is 0. The summed E-state index contributed by atoms with van der Waals surface area (Å²) in [6.45, 7) is 0. The van der Waals surface area contributed by atoms with Gasteiger partial charge in [-0.15, -0.1) is 0 Å². The van der Waals surface area contributed by atoms with Gasteiger partial charge in [-0.1, -0.05) is 0 Å². The molecule has 0 saturated heterocycles. The molecule has 0 bridgehead atoms. The van der Waals surface area contributed by atoms with Gasteiger partial charge in [0.25, 0.3) is 0 Å². The molecule has 0 saturated carbocycles. The van der Waals surface area contributed by atoms with E-state index in [1.807, 2.05) is 0 Å². The standard InChI is InChI=1S/C2H3BNOS/c3-2(5)4-1-6/h1,5H,(H,4,6). The Morgan fingerprint density at radius 1 is 2.00 bits per heavy atom. The molecule has 0 spiro atoms. The Labute approximate surface area is 42.2 Å². The predicted octanol–water partition coefficient (Wildman–Crippen LogP) is -0.838. The molecule has 0 aromatic heterocycles. The normalized spacial score (nSPS) is 6.50. The average Bonchev–Trinajstić information content (AvgIpc) is 1.35. The molecule has 31 valence electrons. The first kappa shape index (κ1) is 5.62. The second-order valence-electron chi connectivity index (χ2n) is 0.647. The molecule has 1 radical (unpaired) electrons. The van der Waals surface area contributed by atoms with E-state index in [4.69, 9.17) is 5.11 Å². The van der Waals surface area contributed by atoms with Crippen LogP contribution < -0.4 is 5.32 Å². The summed E-state index contributed by atoms with van der Waals surface area (Å²) in [5.41, 5.74) is 1.12. The van der Waals surface area contributed by atoms with E-state index in [0.717, 1.165) is 5.49 Å². The van der Waals surface area contributed by atoms with Gasteiger partial charge >= 0.3 is 41.4 Å². The van der Waals surface area contributed by atoms with Crippen molar-refractivity contribution >= 4 is 31.0 Å². The molecule has 0 rings (SSSR count). The summed E-state index contributed by atoms with van der Waals surface area (Å²) < 4.78 is 0. The molecule has 0 aromatic rings. The topological polar surface area (TPSA) is 32.3 Å². The molecule has 0 amide bonds. The molecule has 4 heteroatoms. The maximum absolute atomic E-state index is 8.04. The van der Waals surface area contributed by atoms with Gasteiger partial charge in [0.15, 0.2) is 0 Å². The van der Waals surface area contributed by atoms with Crippen molar-refractivity contribution in [2.75, 3.05) is 0 Å². The van der Waals surface area contributed by atoms with Gasteiger partial charge in [0.05, 0.1) is 0 Å². The number of hydrogen-bond acceptors (Lipinski definition) is 2. The van der Waals surface area contributed by atoms with Crippen LogP contribution in [0.4, 0.5) is 0 Å². The van der Waals surface area contributed by atoms with E-state index in [0.29, 0.717) is 0 Å². The van der Waals surface area contributed by atoms with Crippen molar-refractivity contribution in [2.45, 2.75) is 0 Å². The van der Waals surface area contributed by atoms with Gasteiger partial charge in [0, 0.05) is 0 Å². The first-order chi connectivity index (χ1) is 2.77. The third kappa shape index (κ3) is 3.62. The summed E-state index contributed by atoms with van der Waals surface area (Å²) in [7, 11) is 4.67. The molecule has 0 heterocycles. The zero-order valence-corrected chi connectivity index (χ0v) is 3.83. The molecular weight excluding hydrogens is 96.9 g/mol. The molecule has 6 heavy (non-hydrogen) atoms. The summed E-state index contributed by atoms with van der Waals surface area (Å²) >= 11 is 4.23. The number of aliphatic hydroxyl groups is 1. The Bertz CT molecular complexity index is 73.9. The molecule has 0 unspecified atom stereocenters. The fourth-order valence-corrected chi connectivity index (χ4v) is 0.181. The fourth-order valence-electron chi connectivity index (χ4n) is 0.0604. The molecule has 0 aliphatic carbocycles. The van der Waals surface area contributed by atoms with Crippen LogP contribution in [-0.2, 0) is 0 Å². The number of nitrogens with one attached hydrogen (secondary N) is 1. The van der Waals surface area contributed by atoms with Crippen molar-refractivity contribution in [3.63, 3.8) is 0 Å². The second-order valence-corrected chi connectivity index (χ2v) is 0.883. The molecule has 2 N–H and O–H groups in total. The number of aliphatic hydroxyl groups excluding tert-OH is 1. The van der Waals surface area contributed by atoms with E-state index in [9.17, 15) is 0 Å². The van der Waals surface area contributed by atoms with E-state index < -0.39 is 0 Å². The Morgan fingerprint density at radius 2 is 2.50 bits per heavy atom. The van der Waals surface area contributed by atoms with Crippen LogP contribution in [0.5, 0.6) is 0 Å². The molecule has 2 nitrogen and oxygen atoms in total. The summed E-state index contributed by atoms with van der Waals surface area (Å²) in [5.74, 6) is -0.370. The first-order valence-electron chi connectivity index (χ1n) is 1.29. The zero-order valence-electron chi connectivity index (χ0n) is 3.01.